The Bertz CT molecular complexity index is 1650. The first-order valence-electron chi connectivity index (χ1n) is 23.1. The minimum atomic E-state index is -4.84. The van der Waals surface area contributed by atoms with Gasteiger partial charge in [-0.15, -0.1) is 0 Å². The molecule has 348 valence electrons. The first kappa shape index (κ1) is 53.1. The molecule has 5 saturated carbocycles. The number of alkyl halides is 3. The molecule has 2 aromatic carbocycles. The fourth-order valence-corrected chi connectivity index (χ4v) is 12.4. The molecule has 2 aromatic rings. The van der Waals surface area contributed by atoms with Gasteiger partial charge in [-0.1, -0.05) is 80.6 Å². The number of rotatable bonds is 6. The van der Waals surface area contributed by atoms with Gasteiger partial charge in [0, 0.05) is 19.6 Å². The summed E-state index contributed by atoms with van der Waals surface area (Å²) in [7, 11) is 1.00. The van der Waals surface area contributed by atoms with Crippen LogP contribution in [0.4, 0.5) is 30.7 Å². The molecule has 8 unspecified atom stereocenters. The smallest absolute Gasteiger partial charge is 0.400 e. The minimum absolute atomic E-state index is 0.236. The fraction of sp³-hybridized carbons (Fsp3) is 0.740. The van der Waals surface area contributed by atoms with Gasteiger partial charge in [0.25, 0.3) is 0 Å². The van der Waals surface area contributed by atoms with Crippen LogP contribution in [0.1, 0.15) is 174 Å². The third-order valence-electron chi connectivity index (χ3n) is 15.9. The van der Waals surface area contributed by atoms with Crippen LogP contribution in [0.5, 0.6) is 0 Å². The number of carbonyl (C=O) groups is 1. The molecule has 0 bridgehead atoms. The highest BCUT2D eigenvalue weighted by molar-refractivity contribution is 7.98. The molecular weight excluding hydrogens is 812 g/mol. The van der Waals surface area contributed by atoms with Crippen LogP contribution >= 0.6 is 11.9 Å². The number of hydrogen-bond acceptors (Lipinski definition) is 3. The van der Waals surface area contributed by atoms with Crippen LogP contribution in [0.2, 0.25) is 0 Å². The van der Waals surface area contributed by atoms with Crippen molar-refractivity contribution in [1.82, 2.24) is 4.72 Å². The molecule has 8 atom stereocenters. The predicted octanol–water partition coefficient (Wildman–Crippen LogP) is 15.8. The molecule has 0 aromatic heterocycles. The Hall–Kier alpha value is -2.27. The molecule has 0 saturated heterocycles. The largest absolute Gasteiger partial charge is 0.416 e. The van der Waals surface area contributed by atoms with Crippen molar-refractivity contribution >= 4 is 17.9 Å². The zero-order valence-electron chi connectivity index (χ0n) is 38.7. The number of hydrogen-bond donors (Lipinski definition) is 2. The van der Waals surface area contributed by atoms with E-state index >= 15 is 0 Å². The molecule has 1 amide bonds. The van der Waals surface area contributed by atoms with Crippen LogP contribution in [-0.4, -0.2) is 18.1 Å². The summed E-state index contributed by atoms with van der Waals surface area (Å²) < 4.78 is 93.8. The quantitative estimate of drug-likeness (QED) is 0.224. The summed E-state index contributed by atoms with van der Waals surface area (Å²) in [6.45, 7) is 19.6. The molecule has 0 radical (unpaired) electrons. The van der Waals surface area contributed by atoms with Crippen molar-refractivity contribution in [1.29, 1.82) is 0 Å². The van der Waals surface area contributed by atoms with Crippen LogP contribution in [0.3, 0.4) is 0 Å². The summed E-state index contributed by atoms with van der Waals surface area (Å²) in [5, 5.41) is 7.00. The van der Waals surface area contributed by atoms with Gasteiger partial charge in [0.1, 0.15) is 23.3 Å². The maximum absolute atomic E-state index is 14.1. The normalized spacial score (nSPS) is 29.8. The molecule has 11 heteroatoms. The second-order valence-electron chi connectivity index (χ2n) is 19.5. The van der Waals surface area contributed by atoms with Crippen molar-refractivity contribution in [2.24, 2.45) is 51.8 Å². The van der Waals surface area contributed by atoms with Gasteiger partial charge >= 0.3 is 6.18 Å². The summed E-state index contributed by atoms with van der Waals surface area (Å²) in [4.78, 5) is 11.8. The van der Waals surface area contributed by atoms with E-state index in [0.29, 0.717) is 51.7 Å². The molecule has 2 N–H and O–H groups in total. The van der Waals surface area contributed by atoms with Crippen LogP contribution in [0.25, 0.3) is 0 Å². The highest BCUT2D eigenvalue weighted by Crippen LogP contribution is 2.68. The molecule has 7 rings (SSSR count). The Morgan fingerprint density at radius 3 is 1.93 bits per heavy atom. The second-order valence-corrected chi connectivity index (χ2v) is 20.3. The number of aryl methyl sites for hydroxylation is 1. The van der Waals surface area contributed by atoms with Crippen molar-refractivity contribution in [3.05, 3.63) is 64.2 Å². The fourth-order valence-electron chi connectivity index (χ4n) is 11.8. The van der Waals surface area contributed by atoms with Gasteiger partial charge in [-0.25, -0.2) is 17.6 Å². The van der Waals surface area contributed by atoms with Crippen molar-refractivity contribution in [3.63, 3.8) is 0 Å². The van der Waals surface area contributed by atoms with E-state index in [9.17, 15) is 35.5 Å². The summed E-state index contributed by atoms with van der Waals surface area (Å²) in [6.07, 6.45) is 16.4. The number of aliphatic hydroxyl groups excluding tert-OH is 1. The maximum Gasteiger partial charge on any atom is 0.416 e. The molecule has 0 aliphatic heterocycles. The molecule has 5 fully saturated rings. The highest BCUT2D eigenvalue weighted by Gasteiger charge is 2.59. The van der Waals surface area contributed by atoms with E-state index in [1.165, 1.54) is 96.0 Å². The molecule has 61 heavy (non-hydrogen) atoms. The van der Waals surface area contributed by atoms with Gasteiger partial charge < -0.3 is 5.11 Å². The van der Waals surface area contributed by atoms with E-state index in [4.69, 9.17) is 5.11 Å². The number of amides is 1. The molecule has 0 heterocycles. The number of nitrogens with one attached hydrogen (secondary N) is 1. The number of fused-ring (bicyclic) bond motifs is 5. The lowest BCUT2D eigenvalue weighted by Crippen LogP contribution is -2.52. The van der Waals surface area contributed by atoms with E-state index in [2.05, 4.69) is 39.3 Å². The SMILES string of the molecule is CC.CC12CCCCC1CCC1C2CCC2(C)C(CCCC(=O)NSc3c(F)cc(C(F)(F)F)cc3F)CCC12.CC1CCCCC1(C)C.CO.Cc1cc(F)cc(F)c1C. The summed E-state index contributed by atoms with van der Waals surface area (Å²) >= 11 is 0.405. The molecule has 0 spiro atoms. The minimum Gasteiger partial charge on any atom is -0.400 e. The number of aliphatic hydroxyl groups is 1. The van der Waals surface area contributed by atoms with Crippen molar-refractivity contribution in [3.8, 4) is 0 Å². The third-order valence-corrected chi connectivity index (χ3v) is 16.9. The van der Waals surface area contributed by atoms with Gasteiger partial charge in [-0.05, 0) is 178 Å². The maximum atomic E-state index is 14.1. The van der Waals surface area contributed by atoms with Gasteiger partial charge in [-0.2, -0.15) is 13.2 Å². The van der Waals surface area contributed by atoms with Crippen molar-refractivity contribution in [2.45, 2.75) is 183 Å². The summed E-state index contributed by atoms with van der Waals surface area (Å²) in [5.41, 5.74) is 1.28. The number of carbonyl (C=O) groups excluding carboxylic acids is 1. The average molecular weight is 888 g/mol. The Labute approximate surface area is 367 Å². The summed E-state index contributed by atoms with van der Waals surface area (Å²) in [6, 6.07) is 2.72. The number of halogens is 7. The van der Waals surface area contributed by atoms with Gasteiger partial charge in [0.15, 0.2) is 0 Å². The van der Waals surface area contributed by atoms with Gasteiger partial charge in [0.2, 0.25) is 5.91 Å². The van der Waals surface area contributed by atoms with Crippen molar-refractivity contribution < 1.29 is 40.6 Å². The topological polar surface area (TPSA) is 49.3 Å². The van der Waals surface area contributed by atoms with E-state index in [1.54, 1.807) is 13.8 Å². The molecule has 5 aliphatic carbocycles. The molecule has 5 aliphatic rings. The van der Waals surface area contributed by atoms with Gasteiger partial charge in [0.05, 0.1) is 10.5 Å². The van der Waals surface area contributed by atoms with Crippen LogP contribution in [0.15, 0.2) is 29.2 Å². The molecule has 3 nitrogen and oxygen atoms in total. The van der Waals surface area contributed by atoms with Crippen LogP contribution < -0.4 is 4.72 Å². The monoisotopic (exact) mass is 888 g/mol. The Morgan fingerprint density at radius 1 is 0.754 bits per heavy atom. The average Bonchev–Trinajstić information content (AvgIpc) is 3.55. The first-order chi connectivity index (χ1) is 28.7. The lowest BCUT2D eigenvalue weighted by Gasteiger charge is -2.60. The van der Waals surface area contributed by atoms with E-state index in [-0.39, 0.29) is 24.5 Å². The Kier molecular flexibility index (Phi) is 20.1. The van der Waals surface area contributed by atoms with Crippen molar-refractivity contribution in [2.75, 3.05) is 7.11 Å². The second kappa shape index (κ2) is 23.1. The number of benzene rings is 2. The van der Waals surface area contributed by atoms with Gasteiger partial charge in [-0.3, -0.25) is 9.52 Å². The van der Waals surface area contributed by atoms with E-state index < -0.39 is 39.9 Å². The zero-order chi connectivity index (χ0) is 45.9. The zero-order valence-corrected chi connectivity index (χ0v) is 39.5. The standard InChI is InChI=1S/C30H40F5NOS.C9H18.C8H8F2.C2H6.CH4O/c1-28-14-4-3-6-18(28)9-11-21-22-12-10-19(29(22,2)15-13-23(21)28)7-5-8-26(37)36-38-27-24(31)16-20(17-25(27)32)30(33,34)35;1-8-6-4-5-7-9(8,2)3;1-5-3-7(9)4-8(10)6(5)2;2*1-2/h16-19,21-23H,3-15H2,1-2H3,(H,36,37);8H,4-7H2,1-3H3;3-4H,1-2H3;1-2H3;2H,1H3. The first-order valence-corrected chi connectivity index (χ1v) is 23.9. The van der Waals surface area contributed by atoms with Crippen LogP contribution in [-0.2, 0) is 11.0 Å². The lowest BCUT2D eigenvalue weighted by atomic mass is 9.45. The summed E-state index contributed by atoms with van der Waals surface area (Å²) in [5.74, 6) is 0.929. The predicted molar refractivity (Wildman–Crippen MR) is 236 cm³/mol. The van der Waals surface area contributed by atoms with Crippen LogP contribution in [0, 0.1) is 88.9 Å². The lowest BCUT2D eigenvalue weighted by molar-refractivity contribution is -0.138. The van der Waals surface area contributed by atoms with E-state index in [0.717, 1.165) is 49.2 Å². The molecular formula is C50H76F7NO2S. The Balaban J connectivity index is 0.000000351. The third kappa shape index (κ3) is 13.2. The Morgan fingerprint density at radius 2 is 1.36 bits per heavy atom. The highest BCUT2D eigenvalue weighted by atomic mass is 32.2. The van der Waals surface area contributed by atoms with E-state index in [1.807, 2.05) is 13.8 Å².